The van der Waals surface area contributed by atoms with E-state index in [1.54, 1.807) is 0 Å². The smallest absolute Gasteiger partial charge is 0.104 e. The predicted molar refractivity (Wildman–Crippen MR) is 63.6 cm³/mol. The molecule has 0 heterocycles. The summed E-state index contributed by atoms with van der Waals surface area (Å²) in [4.78, 5) is 0. The van der Waals surface area contributed by atoms with Gasteiger partial charge in [0.25, 0.3) is 0 Å². The third-order valence-corrected chi connectivity index (χ3v) is 1.83. The van der Waals surface area contributed by atoms with Crippen molar-refractivity contribution >= 4 is 0 Å². The van der Waals surface area contributed by atoms with Crippen LogP contribution in [0.5, 0.6) is 0 Å². The number of aliphatic hydroxyl groups is 1. The maximum atomic E-state index is 9.04. The average molecular weight is 234 g/mol. The summed E-state index contributed by atoms with van der Waals surface area (Å²) in [6.07, 6.45) is 0.737. The topological polar surface area (TPSA) is 47.9 Å². The fourth-order valence-electron chi connectivity index (χ4n) is 1.08. The van der Waals surface area contributed by atoms with Crippen LogP contribution >= 0.6 is 0 Å². The van der Waals surface area contributed by atoms with Crippen molar-refractivity contribution in [2.45, 2.75) is 45.8 Å². The molecule has 0 radical (unpaired) electrons. The van der Waals surface area contributed by atoms with Crippen LogP contribution in [0.1, 0.15) is 34.1 Å². The first-order valence-electron chi connectivity index (χ1n) is 5.93. The van der Waals surface area contributed by atoms with Crippen molar-refractivity contribution in [1.29, 1.82) is 0 Å². The van der Waals surface area contributed by atoms with Gasteiger partial charge in [-0.05, 0) is 27.2 Å². The lowest BCUT2D eigenvalue weighted by Crippen LogP contribution is -2.28. The predicted octanol–water partition coefficient (Wildman–Crippen LogP) is 1.61. The minimum atomic E-state index is -0.241. The first-order valence-corrected chi connectivity index (χ1v) is 5.93. The molecule has 0 saturated heterocycles. The van der Waals surface area contributed by atoms with Gasteiger partial charge in [-0.15, -0.1) is 0 Å². The number of hydrogen-bond donors (Lipinski definition) is 1. The lowest BCUT2D eigenvalue weighted by molar-refractivity contribution is -0.0813. The summed E-state index contributed by atoms with van der Waals surface area (Å²) in [6.45, 7) is 10.2. The molecule has 0 aliphatic carbocycles. The highest BCUT2D eigenvalue weighted by molar-refractivity contribution is 4.59. The first kappa shape index (κ1) is 15.8. The highest BCUT2D eigenvalue weighted by atomic mass is 16.6. The van der Waals surface area contributed by atoms with Crippen molar-refractivity contribution in [3.05, 3.63) is 0 Å². The summed E-state index contributed by atoms with van der Waals surface area (Å²) in [5.41, 5.74) is -0.142. The molecule has 0 fully saturated rings. The SMILES string of the molecule is CCCOCC(CO)OCCOC(C)(C)C. The molecule has 16 heavy (non-hydrogen) atoms. The van der Waals surface area contributed by atoms with E-state index in [2.05, 4.69) is 0 Å². The fourth-order valence-corrected chi connectivity index (χ4v) is 1.08. The minimum absolute atomic E-state index is 0.0147. The second-order valence-electron chi connectivity index (χ2n) is 4.71. The van der Waals surface area contributed by atoms with Gasteiger partial charge in [-0.1, -0.05) is 6.92 Å². The van der Waals surface area contributed by atoms with Crippen molar-refractivity contribution in [1.82, 2.24) is 0 Å². The van der Waals surface area contributed by atoms with Crippen LogP contribution in [0.4, 0.5) is 0 Å². The molecule has 0 aromatic carbocycles. The lowest BCUT2D eigenvalue weighted by atomic mass is 10.2. The van der Waals surface area contributed by atoms with Crippen LogP contribution in [0.25, 0.3) is 0 Å². The van der Waals surface area contributed by atoms with Gasteiger partial charge >= 0.3 is 0 Å². The van der Waals surface area contributed by atoms with Crippen LogP contribution in [0.15, 0.2) is 0 Å². The summed E-state index contributed by atoms with van der Waals surface area (Å²) >= 11 is 0. The average Bonchev–Trinajstić information content (AvgIpc) is 2.20. The van der Waals surface area contributed by atoms with Crippen LogP contribution in [0.2, 0.25) is 0 Å². The highest BCUT2D eigenvalue weighted by Gasteiger charge is 2.11. The van der Waals surface area contributed by atoms with E-state index in [1.807, 2.05) is 27.7 Å². The largest absolute Gasteiger partial charge is 0.394 e. The van der Waals surface area contributed by atoms with Gasteiger partial charge in [-0.25, -0.2) is 0 Å². The van der Waals surface area contributed by atoms with Gasteiger partial charge in [0, 0.05) is 6.61 Å². The van der Waals surface area contributed by atoms with Crippen molar-refractivity contribution in [2.75, 3.05) is 33.0 Å². The Kier molecular flexibility index (Phi) is 8.84. The van der Waals surface area contributed by atoms with E-state index in [0.29, 0.717) is 26.4 Å². The zero-order valence-electron chi connectivity index (χ0n) is 11.0. The summed E-state index contributed by atoms with van der Waals surface area (Å²) in [7, 11) is 0. The quantitative estimate of drug-likeness (QED) is 0.616. The Bertz CT molecular complexity index is 154. The summed E-state index contributed by atoms with van der Waals surface area (Å²) < 4.78 is 16.2. The minimum Gasteiger partial charge on any atom is -0.394 e. The van der Waals surface area contributed by atoms with Gasteiger partial charge in [0.15, 0.2) is 0 Å². The van der Waals surface area contributed by atoms with Crippen LogP contribution in [0, 0.1) is 0 Å². The molecule has 98 valence electrons. The summed E-state index contributed by atoms with van der Waals surface area (Å²) in [5, 5.41) is 9.04. The third kappa shape index (κ3) is 10.4. The number of ether oxygens (including phenoxy) is 3. The van der Waals surface area contributed by atoms with E-state index in [-0.39, 0.29) is 18.3 Å². The molecule has 4 heteroatoms. The number of rotatable bonds is 9. The van der Waals surface area contributed by atoms with Gasteiger partial charge in [-0.2, -0.15) is 0 Å². The normalized spacial score (nSPS) is 14.1. The van der Waals surface area contributed by atoms with Crippen molar-refractivity contribution in [2.24, 2.45) is 0 Å². The second kappa shape index (κ2) is 8.93. The standard InChI is InChI=1S/C12H26O4/c1-5-6-14-10-11(9-13)15-7-8-16-12(2,3)4/h11,13H,5-10H2,1-4H3. The van der Waals surface area contributed by atoms with Crippen LogP contribution in [0.3, 0.4) is 0 Å². The van der Waals surface area contributed by atoms with E-state index in [9.17, 15) is 0 Å². The molecule has 1 atom stereocenters. The third-order valence-electron chi connectivity index (χ3n) is 1.83. The number of hydrogen-bond acceptors (Lipinski definition) is 4. The van der Waals surface area contributed by atoms with Crippen molar-refractivity contribution in [3.8, 4) is 0 Å². The molecule has 0 saturated carbocycles. The zero-order valence-corrected chi connectivity index (χ0v) is 11.0. The fraction of sp³-hybridized carbons (Fsp3) is 1.00. The van der Waals surface area contributed by atoms with Crippen LogP contribution in [-0.4, -0.2) is 49.8 Å². The lowest BCUT2D eigenvalue weighted by Gasteiger charge is -2.21. The molecule has 1 unspecified atom stereocenters. The Morgan fingerprint density at radius 1 is 1.12 bits per heavy atom. The van der Waals surface area contributed by atoms with E-state index < -0.39 is 0 Å². The van der Waals surface area contributed by atoms with Gasteiger partial charge < -0.3 is 19.3 Å². The molecule has 0 aliphatic heterocycles. The van der Waals surface area contributed by atoms with Gasteiger partial charge in [0.2, 0.25) is 0 Å². The first-order chi connectivity index (χ1) is 7.49. The molecular weight excluding hydrogens is 208 g/mol. The van der Waals surface area contributed by atoms with Crippen molar-refractivity contribution in [3.63, 3.8) is 0 Å². The van der Waals surface area contributed by atoms with Gasteiger partial charge in [-0.3, -0.25) is 0 Å². The molecule has 4 nitrogen and oxygen atoms in total. The molecule has 0 spiro atoms. The monoisotopic (exact) mass is 234 g/mol. The highest BCUT2D eigenvalue weighted by Crippen LogP contribution is 2.06. The Morgan fingerprint density at radius 2 is 1.81 bits per heavy atom. The Balaban J connectivity index is 3.47. The molecule has 0 amide bonds. The van der Waals surface area contributed by atoms with Gasteiger partial charge in [0.1, 0.15) is 6.10 Å². The Hall–Kier alpha value is -0.160. The van der Waals surface area contributed by atoms with E-state index in [1.165, 1.54) is 0 Å². The van der Waals surface area contributed by atoms with E-state index in [0.717, 1.165) is 6.42 Å². The Morgan fingerprint density at radius 3 is 2.31 bits per heavy atom. The zero-order chi connectivity index (χ0) is 12.4. The molecule has 1 N–H and O–H groups in total. The van der Waals surface area contributed by atoms with Crippen LogP contribution < -0.4 is 0 Å². The van der Waals surface area contributed by atoms with E-state index >= 15 is 0 Å². The molecular formula is C12H26O4. The molecule has 0 bridgehead atoms. The maximum absolute atomic E-state index is 9.04. The molecule has 0 aliphatic rings. The number of aliphatic hydroxyl groups excluding tert-OH is 1. The Labute approximate surface area is 98.9 Å². The summed E-state index contributed by atoms with van der Waals surface area (Å²) in [5.74, 6) is 0. The van der Waals surface area contributed by atoms with E-state index in [4.69, 9.17) is 19.3 Å². The molecule has 0 aromatic rings. The maximum Gasteiger partial charge on any atom is 0.104 e. The summed E-state index contributed by atoms with van der Waals surface area (Å²) in [6, 6.07) is 0. The molecule has 0 aromatic heterocycles. The second-order valence-corrected chi connectivity index (χ2v) is 4.71. The van der Waals surface area contributed by atoms with Crippen LogP contribution in [-0.2, 0) is 14.2 Å². The van der Waals surface area contributed by atoms with Gasteiger partial charge in [0.05, 0.1) is 32.0 Å². The molecule has 0 rings (SSSR count). The van der Waals surface area contributed by atoms with Crippen molar-refractivity contribution < 1.29 is 19.3 Å².